The summed E-state index contributed by atoms with van der Waals surface area (Å²) in [6, 6.07) is 25.5. The number of benzene rings is 4. The van der Waals surface area contributed by atoms with E-state index in [-0.39, 0.29) is 0 Å². The molecule has 0 heterocycles. The first-order chi connectivity index (χ1) is 15.9. The van der Waals surface area contributed by atoms with Crippen LogP contribution in [0.2, 0.25) is 10.0 Å². The van der Waals surface area contributed by atoms with Crippen LogP contribution in [0.25, 0.3) is 33.4 Å². The van der Waals surface area contributed by atoms with Crippen LogP contribution in [0, 0.1) is 13.0 Å². The zero-order chi connectivity index (χ0) is 23.5. The molecule has 0 aliphatic heterocycles. The Morgan fingerprint density at radius 3 is 2.45 bits per heavy atom. The fourth-order valence-electron chi connectivity index (χ4n) is 3.85. The molecule has 0 N–H and O–H groups in total. The van der Waals surface area contributed by atoms with E-state index in [0.29, 0.717) is 16.7 Å². The maximum Gasteiger partial charge on any atom is 0.127 e. The Hall–Kier alpha value is -1.91. The number of hydrogen-bond acceptors (Lipinski definition) is 2. The van der Waals surface area contributed by atoms with Gasteiger partial charge in [0.2, 0.25) is 0 Å². The number of ether oxygens (including phenoxy) is 1. The van der Waals surface area contributed by atoms with Crippen LogP contribution in [0.4, 0.5) is 0 Å². The second kappa shape index (κ2) is 10.6. The van der Waals surface area contributed by atoms with Gasteiger partial charge in [0.05, 0.1) is 6.61 Å². The number of thioether (sulfide) groups is 1. The van der Waals surface area contributed by atoms with E-state index in [2.05, 4.69) is 59.4 Å². The summed E-state index contributed by atoms with van der Waals surface area (Å²) in [7, 11) is 0. The molecule has 33 heavy (non-hydrogen) atoms. The van der Waals surface area contributed by atoms with Crippen LogP contribution >= 0.6 is 50.9 Å². The molecule has 1 radical (unpaired) electrons. The van der Waals surface area contributed by atoms with Crippen molar-refractivity contribution in [2.24, 2.45) is 0 Å². The average molecular weight is 557 g/mol. The van der Waals surface area contributed by atoms with Crippen molar-refractivity contribution in [3.05, 3.63) is 92.9 Å². The first-order valence-electron chi connectivity index (χ1n) is 10.5. The minimum Gasteiger partial charge on any atom is -0.493 e. The second-order valence-electron chi connectivity index (χ2n) is 7.53. The van der Waals surface area contributed by atoms with E-state index in [1.54, 1.807) is 11.8 Å². The van der Waals surface area contributed by atoms with Crippen molar-refractivity contribution in [1.82, 2.24) is 0 Å². The maximum atomic E-state index is 6.82. The highest BCUT2D eigenvalue weighted by Crippen LogP contribution is 2.43. The lowest BCUT2D eigenvalue weighted by molar-refractivity contribution is 0.341. The largest absolute Gasteiger partial charge is 0.493 e. The monoisotopic (exact) mass is 555 g/mol. The predicted octanol–water partition coefficient (Wildman–Crippen LogP) is 9.99. The first-order valence-corrected chi connectivity index (χ1v) is 13.3. The highest BCUT2D eigenvalue weighted by atomic mass is 79.9. The van der Waals surface area contributed by atoms with Crippen LogP contribution in [0.5, 0.6) is 5.75 Å². The lowest BCUT2D eigenvalue weighted by Crippen LogP contribution is -1.94. The number of halogens is 3. The van der Waals surface area contributed by atoms with Gasteiger partial charge in [-0.1, -0.05) is 69.5 Å². The van der Waals surface area contributed by atoms with Gasteiger partial charge in [-0.15, -0.1) is 11.8 Å². The molecular formula is C28H22BrCl2OS. The summed E-state index contributed by atoms with van der Waals surface area (Å²) in [6.07, 6.45) is 2.08. The molecule has 0 fully saturated rings. The quantitative estimate of drug-likeness (QED) is 0.218. The second-order valence-corrected chi connectivity index (χ2v) is 10.1. The molecule has 4 aromatic rings. The highest BCUT2D eigenvalue weighted by molar-refractivity contribution is 9.10. The smallest absolute Gasteiger partial charge is 0.127 e. The van der Waals surface area contributed by atoms with Gasteiger partial charge in [-0.25, -0.2) is 0 Å². The lowest BCUT2D eigenvalue weighted by Gasteiger charge is -2.16. The van der Waals surface area contributed by atoms with Crippen LogP contribution in [0.1, 0.15) is 12.5 Å². The molecule has 0 saturated heterocycles. The molecule has 0 atom stereocenters. The molecule has 4 aromatic carbocycles. The molecule has 0 bridgehead atoms. The maximum absolute atomic E-state index is 6.82. The van der Waals surface area contributed by atoms with Gasteiger partial charge in [0, 0.05) is 42.2 Å². The summed E-state index contributed by atoms with van der Waals surface area (Å²) in [5, 5.41) is 1.30. The van der Waals surface area contributed by atoms with Gasteiger partial charge in [0.15, 0.2) is 0 Å². The van der Waals surface area contributed by atoms with Crippen molar-refractivity contribution in [3.8, 4) is 39.1 Å². The van der Waals surface area contributed by atoms with Crippen LogP contribution in [0.15, 0.2) is 76.1 Å². The molecule has 5 heteroatoms. The molecule has 1 nitrogen and oxygen atoms in total. The summed E-state index contributed by atoms with van der Waals surface area (Å²) >= 11 is 18.5. The van der Waals surface area contributed by atoms with Gasteiger partial charge in [0.25, 0.3) is 0 Å². The Kier molecular flexibility index (Phi) is 7.76. The van der Waals surface area contributed by atoms with Crippen LogP contribution < -0.4 is 4.74 Å². The van der Waals surface area contributed by atoms with Gasteiger partial charge < -0.3 is 4.74 Å². The fraction of sp³-hybridized carbons (Fsp3) is 0.143. The SMILES string of the molecule is CCOc1ccccc1-c1cc(Cl)c(-c2ccc(-c3cc(Cl)[c]cc3C)c(SC)c2)cc1Br. The van der Waals surface area contributed by atoms with E-state index in [1.807, 2.05) is 49.4 Å². The minimum atomic E-state index is 0.606. The normalized spacial score (nSPS) is 11.0. The first kappa shape index (κ1) is 24.2. The third kappa shape index (κ3) is 5.12. The molecule has 167 valence electrons. The zero-order valence-electron chi connectivity index (χ0n) is 18.5. The van der Waals surface area contributed by atoms with Crippen molar-refractivity contribution in [1.29, 1.82) is 0 Å². The summed E-state index contributed by atoms with van der Waals surface area (Å²) in [5.74, 6) is 0.840. The molecule has 0 amide bonds. The fourth-order valence-corrected chi connectivity index (χ4v) is 5.49. The average Bonchev–Trinajstić information content (AvgIpc) is 2.82. The summed E-state index contributed by atoms with van der Waals surface area (Å²) in [4.78, 5) is 1.16. The van der Waals surface area contributed by atoms with Crippen molar-refractivity contribution in [2.45, 2.75) is 18.7 Å². The third-order valence-electron chi connectivity index (χ3n) is 5.46. The number of aryl methyl sites for hydroxylation is 1. The van der Waals surface area contributed by atoms with Gasteiger partial charge in [-0.2, -0.15) is 0 Å². The molecular weight excluding hydrogens is 535 g/mol. The Morgan fingerprint density at radius 1 is 0.909 bits per heavy atom. The Balaban J connectivity index is 1.79. The van der Waals surface area contributed by atoms with Gasteiger partial charge >= 0.3 is 0 Å². The van der Waals surface area contributed by atoms with Gasteiger partial charge in [-0.3, -0.25) is 0 Å². The Morgan fingerprint density at radius 2 is 1.70 bits per heavy atom. The van der Waals surface area contributed by atoms with Crippen molar-refractivity contribution in [2.75, 3.05) is 12.9 Å². The van der Waals surface area contributed by atoms with Crippen molar-refractivity contribution >= 4 is 50.9 Å². The van der Waals surface area contributed by atoms with Gasteiger partial charge in [-0.05, 0) is 78.8 Å². The molecule has 0 aliphatic rings. The lowest BCUT2D eigenvalue weighted by atomic mass is 9.96. The zero-order valence-corrected chi connectivity index (χ0v) is 22.4. The summed E-state index contributed by atoms with van der Waals surface area (Å²) in [6.45, 7) is 4.67. The predicted molar refractivity (Wildman–Crippen MR) is 147 cm³/mol. The standard InChI is InChI=1S/C28H22BrCl2OS/c1-4-32-27-8-6-5-7-20(27)24-16-26(31)23(15-25(24)29)18-10-12-21(28(13-18)33-3)22-14-19(30)11-9-17(22)2/h5-10,12-16H,4H2,1-3H3. The Bertz CT molecular complexity index is 1320. The third-order valence-corrected chi connectivity index (χ3v) is 7.42. The Labute approximate surface area is 218 Å². The van der Waals surface area contributed by atoms with E-state index in [4.69, 9.17) is 27.9 Å². The van der Waals surface area contributed by atoms with Gasteiger partial charge in [0.1, 0.15) is 5.75 Å². The van der Waals surface area contributed by atoms with E-state index in [9.17, 15) is 0 Å². The van der Waals surface area contributed by atoms with E-state index >= 15 is 0 Å². The van der Waals surface area contributed by atoms with Crippen LogP contribution in [0.3, 0.4) is 0 Å². The molecule has 0 unspecified atom stereocenters. The van der Waals surface area contributed by atoms with Crippen LogP contribution in [-0.4, -0.2) is 12.9 Å². The van der Waals surface area contributed by atoms with Crippen LogP contribution in [-0.2, 0) is 0 Å². The highest BCUT2D eigenvalue weighted by Gasteiger charge is 2.16. The van der Waals surface area contributed by atoms with Crippen molar-refractivity contribution < 1.29 is 4.74 Å². The van der Waals surface area contributed by atoms with E-state index < -0.39 is 0 Å². The number of hydrogen-bond donors (Lipinski definition) is 0. The molecule has 4 rings (SSSR count). The topological polar surface area (TPSA) is 9.23 Å². The molecule has 0 aromatic heterocycles. The number of para-hydroxylation sites is 1. The van der Waals surface area contributed by atoms with E-state index in [1.165, 1.54) is 0 Å². The molecule has 0 saturated carbocycles. The molecule has 0 spiro atoms. The summed E-state index contributed by atoms with van der Waals surface area (Å²) < 4.78 is 6.79. The van der Waals surface area contributed by atoms with Crippen molar-refractivity contribution in [3.63, 3.8) is 0 Å². The van der Waals surface area contributed by atoms with E-state index in [0.717, 1.165) is 54.1 Å². The number of rotatable bonds is 6. The molecule has 0 aliphatic carbocycles. The minimum absolute atomic E-state index is 0.606. The summed E-state index contributed by atoms with van der Waals surface area (Å²) in [5.41, 5.74) is 7.44.